The van der Waals surface area contributed by atoms with E-state index in [0.717, 1.165) is 12.3 Å². The summed E-state index contributed by atoms with van der Waals surface area (Å²) in [5.41, 5.74) is -1.05. The van der Waals surface area contributed by atoms with Crippen molar-refractivity contribution in [1.29, 1.82) is 0 Å². The molecule has 7 nitrogen and oxygen atoms in total. The summed E-state index contributed by atoms with van der Waals surface area (Å²) in [5, 5.41) is 12.3. The van der Waals surface area contributed by atoms with E-state index in [4.69, 9.17) is 0 Å². The molecule has 1 aliphatic heterocycles. The molecule has 2 aromatic heterocycles. The molecule has 0 bridgehead atoms. The number of carboxylic acids is 1. The molecule has 9 heteroatoms. The zero-order valence-electron chi connectivity index (χ0n) is 14.7. The molecule has 0 amide bonds. The lowest BCUT2D eigenvalue weighted by molar-refractivity contribution is 0.0695. The number of fused-ring (bicyclic) bond motifs is 1. The Morgan fingerprint density at radius 2 is 1.93 bits per heavy atom. The predicted octanol–water partition coefficient (Wildman–Crippen LogP) is 1.77. The maximum atomic E-state index is 14.7. The van der Waals surface area contributed by atoms with Crippen molar-refractivity contribution in [2.75, 3.05) is 31.1 Å². The summed E-state index contributed by atoms with van der Waals surface area (Å²) in [7, 11) is 0. The highest BCUT2D eigenvalue weighted by Gasteiger charge is 2.22. The van der Waals surface area contributed by atoms with Crippen LogP contribution in [0.2, 0.25) is 0 Å². The van der Waals surface area contributed by atoms with Gasteiger partial charge < -0.3 is 19.9 Å². The number of aromatic nitrogens is 2. The first-order chi connectivity index (χ1) is 13.5. The van der Waals surface area contributed by atoms with Gasteiger partial charge in [-0.2, -0.15) is 0 Å². The Hall–Kier alpha value is -3.33. The first kappa shape index (κ1) is 18.1. The third-order valence-electron chi connectivity index (χ3n) is 4.65. The van der Waals surface area contributed by atoms with Gasteiger partial charge in [0.15, 0.2) is 17.3 Å². The van der Waals surface area contributed by atoms with Crippen LogP contribution in [0.15, 0.2) is 41.3 Å². The van der Waals surface area contributed by atoms with Gasteiger partial charge >= 0.3 is 5.97 Å². The number of aromatic carboxylic acids is 1. The van der Waals surface area contributed by atoms with Crippen LogP contribution in [0.4, 0.5) is 14.6 Å². The van der Waals surface area contributed by atoms with E-state index < -0.39 is 28.6 Å². The number of hydrogen-bond donors (Lipinski definition) is 2. The van der Waals surface area contributed by atoms with Gasteiger partial charge in [0.25, 0.3) is 0 Å². The third kappa shape index (κ3) is 3.09. The van der Waals surface area contributed by atoms with Gasteiger partial charge in [0.1, 0.15) is 11.4 Å². The zero-order valence-corrected chi connectivity index (χ0v) is 14.7. The Morgan fingerprint density at radius 1 is 1.18 bits per heavy atom. The quantitative estimate of drug-likeness (QED) is 0.714. The van der Waals surface area contributed by atoms with Gasteiger partial charge in [-0.25, -0.2) is 18.6 Å². The van der Waals surface area contributed by atoms with E-state index in [2.05, 4.69) is 10.3 Å². The highest BCUT2D eigenvalue weighted by atomic mass is 19.1. The smallest absolute Gasteiger partial charge is 0.341 e. The molecule has 0 spiro atoms. The van der Waals surface area contributed by atoms with E-state index in [0.29, 0.717) is 26.2 Å². The molecule has 4 rings (SSSR count). The summed E-state index contributed by atoms with van der Waals surface area (Å²) < 4.78 is 29.8. The molecule has 0 radical (unpaired) electrons. The van der Waals surface area contributed by atoms with Crippen molar-refractivity contribution < 1.29 is 18.7 Å². The number of nitrogens with one attached hydrogen (secondary N) is 1. The number of hydrogen-bond acceptors (Lipinski definition) is 5. The molecule has 28 heavy (non-hydrogen) atoms. The predicted molar refractivity (Wildman–Crippen MR) is 99.3 cm³/mol. The van der Waals surface area contributed by atoms with Crippen LogP contribution in [0.25, 0.3) is 16.7 Å². The molecule has 1 saturated heterocycles. The van der Waals surface area contributed by atoms with Gasteiger partial charge in [0.05, 0.1) is 5.39 Å². The van der Waals surface area contributed by atoms with Crippen molar-refractivity contribution in [1.82, 2.24) is 14.9 Å². The monoisotopic (exact) mass is 386 g/mol. The molecule has 2 N–H and O–H groups in total. The van der Waals surface area contributed by atoms with E-state index in [1.807, 2.05) is 0 Å². The maximum absolute atomic E-state index is 14.7. The van der Waals surface area contributed by atoms with Crippen LogP contribution in [-0.2, 0) is 0 Å². The average molecular weight is 386 g/mol. The Bertz CT molecular complexity index is 1140. The summed E-state index contributed by atoms with van der Waals surface area (Å²) in [6.07, 6.45) is 1.09. The number of nitrogens with zero attached hydrogens (tertiary/aromatic N) is 3. The lowest BCUT2D eigenvalue weighted by Crippen LogP contribution is -2.44. The van der Waals surface area contributed by atoms with Gasteiger partial charge in [-0.3, -0.25) is 4.79 Å². The van der Waals surface area contributed by atoms with Crippen molar-refractivity contribution in [3.63, 3.8) is 0 Å². The molecule has 1 fully saturated rings. The van der Waals surface area contributed by atoms with Gasteiger partial charge in [0, 0.05) is 38.1 Å². The molecule has 3 heterocycles. The van der Waals surface area contributed by atoms with E-state index >= 15 is 0 Å². The van der Waals surface area contributed by atoms with Crippen molar-refractivity contribution >= 4 is 22.8 Å². The number of benzene rings is 1. The number of pyridine rings is 2. The van der Waals surface area contributed by atoms with Crippen molar-refractivity contribution in [3.8, 4) is 5.69 Å². The van der Waals surface area contributed by atoms with Gasteiger partial charge in [0.2, 0.25) is 5.43 Å². The van der Waals surface area contributed by atoms with Crippen LogP contribution in [0, 0.1) is 11.6 Å². The number of rotatable bonds is 3. The zero-order chi connectivity index (χ0) is 19.8. The Labute approximate surface area is 157 Å². The van der Waals surface area contributed by atoms with E-state index in [-0.39, 0.29) is 22.5 Å². The number of carboxylic acid groups (broad SMARTS) is 1. The summed E-state index contributed by atoms with van der Waals surface area (Å²) in [5.74, 6) is -2.63. The molecular formula is C19H16F2N4O3. The lowest BCUT2D eigenvalue weighted by atomic mass is 10.1. The highest BCUT2D eigenvalue weighted by Crippen LogP contribution is 2.24. The van der Waals surface area contributed by atoms with Crippen molar-refractivity contribution in [2.45, 2.75) is 0 Å². The number of carbonyl (C=O) groups is 1. The van der Waals surface area contributed by atoms with E-state index in [9.17, 15) is 23.5 Å². The minimum atomic E-state index is -1.45. The number of piperazine rings is 1. The Balaban J connectivity index is 2.03. The molecule has 144 valence electrons. The largest absolute Gasteiger partial charge is 0.477 e. The molecule has 0 atom stereocenters. The van der Waals surface area contributed by atoms with E-state index in [1.165, 1.54) is 22.8 Å². The minimum absolute atomic E-state index is 0.0653. The van der Waals surface area contributed by atoms with Crippen LogP contribution in [-0.4, -0.2) is 46.8 Å². The standard InChI is InChI=1S/C19H16F2N4O3/c20-11-2-1-3-12(8-11)25-10-14(19(27)28)16(26)13-9-15(21)18(23-17(13)25)24-6-4-22-5-7-24/h1-3,8-10,22H,4-7H2,(H,27,28). The van der Waals surface area contributed by atoms with Crippen LogP contribution in [0.3, 0.4) is 0 Å². The van der Waals surface area contributed by atoms with Crippen LogP contribution in [0.1, 0.15) is 10.4 Å². The second-order valence-corrected chi connectivity index (χ2v) is 6.43. The first-order valence-corrected chi connectivity index (χ1v) is 8.66. The summed E-state index contributed by atoms with van der Waals surface area (Å²) in [4.78, 5) is 30.1. The lowest BCUT2D eigenvalue weighted by Gasteiger charge is -2.29. The SMILES string of the molecule is O=C(O)c1cn(-c2cccc(F)c2)c2nc(N3CCNCC3)c(F)cc2c1=O. The normalized spacial score (nSPS) is 14.4. The number of halogens is 2. The summed E-state index contributed by atoms with van der Waals surface area (Å²) >= 11 is 0. The summed E-state index contributed by atoms with van der Waals surface area (Å²) in [6.45, 7) is 2.39. The van der Waals surface area contributed by atoms with Crippen molar-refractivity contribution in [2.24, 2.45) is 0 Å². The molecule has 0 aliphatic carbocycles. The minimum Gasteiger partial charge on any atom is -0.477 e. The fraction of sp³-hybridized carbons (Fsp3) is 0.211. The summed E-state index contributed by atoms with van der Waals surface area (Å²) in [6, 6.07) is 6.44. The average Bonchev–Trinajstić information content (AvgIpc) is 2.68. The van der Waals surface area contributed by atoms with Crippen LogP contribution < -0.4 is 15.6 Å². The van der Waals surface area contributed by atoms with Crippen LogP contribution >= 0.6 is 0 Å². The van der Waals surface area contributed by atoms with Gasteiger partial charge in [-0.05, 0) is 24.3 Å². The molecule has 0 unspecified atom stereocenters. The topological polar surface area (TPSA) is 87.5 Å². The fourth-order valence-electron chi connectivity index (χ4n) is 3.29. The number of anilines is 1. The Kier molecular flexibility index (Phi) is 4.52. The van der Waals surface area contributed by atoms with Gasteiger partial charge in [-0.1, -0.05) is 6.07 Å². The molecule has 1 aliphatic rings. The molecular weight excluding hydrogens is 370 g/mol. The second kappa shape index (κ2) is 7.01. The fourth-order valence-corrected chi connectivity index (χ4v) is 3.29. The maximum Gasteiger partial charge on any atom is 0.341 e. The van der Waals surface area contributed by atoms with Crippen molar-refractivity contribution in [3.05, 3.63) is 63.9 Å². The molecule has 1 aromatic carbocycles. The first-order valence-electron chi connectivity index (χ1n) is 8.66. The van der Waals surface area contributed by atoms with Gasteiger partial charge in [-0.15, -0.1) is 0 Å². The Morgan fingerprint density at radius 3 is 2.61 bits per heavy atom. The second-order valence-electron chi connectivity index (χ2n) is 6.43. The van der Waals surface area contributed by atoms with E-state index in [1.54, 1.807) is 11.0 Å². The molecule has 3 aromatic rings. The molecule has 0 saturated carbocycles. The highest BCUT2D eigenvalue weighted by molar-refractivity contribution is 5.92. The third-order valence-corrected chi connectivity index (χ3v) is 4.65. The van der Waals surface area contributed by atoms with Crippen LogP contribution in [0.5, 0.6) is 0 Å².